The molecule has 2 heterocycles. The Kier molecular flexibility index (Phi) is 7.03. The summed E-state index contributed by atoms with van der Waals surface area (Å²) in [6, 6.07) is 9.69. The number of aromatic amines is 1. The van der Waals surface area contributed by atoms with Crippen LogP contribution < -0.4 is 27.0 Å². The number of thiophene rings is 1. The summed E-state index contributed by atoms with van der Waals surface area (Å²) < 4.78 is 42.6. The molecular weight excluding hydrogens is 497 g/mol. The number of anilines is 2. The van der Waals surface area contributed by atoms with Gasteiger partial charge in [0.25, 0.3) is 15.6 Å². The van der Waals surface area contributed by atoms with Gasteiger partial charge in [0, 0.05) is 25.0 Å². The van der Waals surface area contributed by atoms with Crippen molar-refractivity contribution in [2.45, 2.75) is 11.1 Å². The molecule has 10 nitrogen and oxygen atoms in total. The lowest BCUT2D eigenvalue weighted by molar-refractivity contribution is -0.213. The van der Waals surface area contributed by atoms with Crippen LogP contribution in [-0.2, 0) is 10.0 Å². The number of hydrogen-bond donors (Lipinski definition) is 3. The van der Waals surface area contributed by atoms with Crippen molar-refractivity contribution in [1.82, 2.24) is 9.55 Å². The number of halogens is 1. The standard InChI is InChI=1S/C21H18FN5O5S2.CH3/c1-11-3-8-18(33-11)34(31,32)26-20(29)24-12-4-6-13(7-5-12)27-19(28)14-9-15(22)17(23-2)10-16(14)25-21(27)30;/h3-10,23H,1-2H3,(H,25,30)(H2,24,26,29);1H3/q;+1/p-1. The minimum absolute atomic E-state index is 0. The van der Waals surface area contributed by atoms with Gasteiger partial charge >= 0.3 is 5.69 Å². The van der Waals surface area contributed by atoms with Crippen LogP contribution in [0.15, 0.2) is 66.7 Å². The van der Waals surface area contributed by atoms with E-state index in [0.717, 1.165) is 26.8 Å². The number of amidine groups is 1. The first kappa shape index (κ1) is 25.5. The molecule has 0 amide bonds. The second-order valence-electron chi connectivity index (χ2n) is 7.11. The normalized spacial score (nSPS) is 11.8. The Morgan fingerprint density at radius 3 is 2.43 bits per heavy atom. The molecule has 0 atom stereocenters. The molecule has 0 spiro atoms. The van der Waals surface area contributed by atoms with E-state index in [-0.39, 0.29) is 39.6 Å². The summed E-state index contributed by atoms with van der Waals surface area (Å²) in [6.45, 7) is 1.73. The quantitative estimate of drug-likeness (QED) is 0.209. The van der Waals surface area contributed by atoms with Crippen LogP contribution in [-0.4, -0.2) is 31.0 Å². The number of aryl methyl sites for hydroxylation is 1. The average Bonchev–Trinajstić information content (AvgIpc) is 3.22. The number of fused-ring (bicyclic) bond motifs is 1. The molecule has 0 radical (unpaired) electrons. The summed E-state index contributed by atoms with van der Waals surface area (Å²) in [4.78, 5) is 28.7. The number of aromatic nitrogens is 2. The summed E-state index contributed by atoms with van der Waals surface area (Å²) in [7, 11) is -2.64. The van der Waals surface area contributed by atoms with E-state index in [9.17, 15) is 27.5 Å². The first-order valence-electron chi connectivity index (χ1n) is 9.71. The SMILES string of the molecule is CNc1cc2[nH]c(=O)n(-c3ccc(NC([O-])=NS(=O)(=O)c4ccc(C)s4)cc3)c(=O)c2cc1F.[CH3+]. The zero-order chi connectivity index (χ0) is 24.6. The molecule has 13 heteroatoms. The van der Waals surface area contributed by atoms with Gasteiger partial charge in [-0.15, -0.1) is 11.3 Å². The van der Waals surface area contributed by atoms with Gasteiger partial charge < -0.3 is 20.7 Å². The first-order valence-corrected chi connectivity index (χ1v) is 12.0. The third-order valence-electron chi connectivity index (χ3n) is 4.80. The third-order valence-corrected chi connectivity index (χ3v) is 7.53. The molecule has 0 aliphatic carbocycles. The smallest absolute Gasteiger partial charge is 0.333 e. The van der Waals surface area contributed by atoms with Crippen LogP contribution in [0.4, 0.5) is 15.8 Å². The number of sulfonamides is 1. The predicted octanol–water partition coefficient (Wildman–Crippen LogP) is 2.20. The number of rotatable bonds is 5. The van der Waals surface area contributed by atoms with Gasteiger partial charge in [0.15, 0.2) is 0 Å². The number of nitrogens with zero attached hydrogens (tertiary/aromatic N) is 2. The second-order valence-corrected chi connectivity index (χ2v) is 10.2. The Hall–Kier alpha value is -4.10. The van der Waals surface area contributed by atoms with Crippen LogP contribution >= 0.6 is 11.3 Å². The minimum Gasteiger partial charge on any atom is -0.845 e. The van der Waals surface area contributed by atoms with Crippen LogP contribution in [0.1, 0.15) is 4.88 Å². The van der Waals surface area contributed by atoms with E-state index in [0.29, 0.717) is 0 Å². The largest absolute Gasteiger partial charge is 0.845 e. The molecule has 3 N–H and O–H groups in total. The fourth-order valence-electron chi connectivity index (χ4n) is 3.21. The summed E-state index contributed by atoms with van der Waals surface area (Å²) in [6.07, 6.45) is 0. The predicted molar refractivity (Wildman–Crippen MR) is 133 cm³/mol. The number of hydrogen-bond acceptors (Lipinski definition) is 7. The Morgan fingerprint density at radius 2 is 1.83 bits per heavy atom. The number of benzene rings is 2. The molecule has 4 rings (SSSR count). The van der Waals surface area contributed by atoms with Crippen molar-refractivity contribution in [3.8, 4) is 5.69 Å². The highest BCUT2D eigenvalue weighted by Crippen LogP contribution is 2.23. The van der Waals surface area contributed by atoms with E-state index < -0.39 is 33.1 Å². The van der Waals surface area contributed by atoms with Crippen molar-refractivity contribution < 1.29 is 17.9 Å². The van der Waals surface area contributed by atoms with Crippen LogP contribution in [0, 0.1) is 20.2 Å². The topological polar surface area (TPSA) is 148 Å². The Morgan fingerprint density at radius 1 is 1.14 bits per heavy atom. The van der Waals surface area contributed by atoms with Crippen LogP contribution in [0.5, 0.6) is 0 Å². The molecule has 0 aliphatic rings. The van der Waals surface area contributed by atoms with E-state index in [4.69, 9.17) is 0 Å². The molecule has 0 unspecified atom stereocenters. The van der Waals surface area contributed by atoms with Crippen molar-refractivity contribution in [2.75, 3.05) is 17.7 Å². The van der Waals surface area contributed by atoms with Crippen molar-refractivity contribution >= 4 is 49.7 Å². The maximum Gasteiger partial charge on any atom is 0.333 e. The van der Waals surface area contributed by atoms with E-state index >= 15 is 0 Å². The Bertz CT molecular complexity index is 1650. The highest BCUT2D eigenvalue weighted by Gasteiger charge is 2.15. The average molecular weight is 518 g/mol. The van der Waals surface area contributed by atoms with Gasteiger partial charge in [-0.2, -0.15) is 12.8 Å². The van der Waals surface area contributed by atoms with E-state index in [1.807, 2.05) is 0 Å². The van der Waals surface area contributed by atoms with Gasteiger partial charge in [-0.3, -0.25) is 4.79 Å². The van der Waals surface area contributed by atoms with E-state index in [1.54, 1.807) is 13.0 Å². The molecular formula is C22H20FN5O5S2. The molecule has 0 aliphatic heterocycles. The summed E-state index contributed by atoms with van der Waals surface area (Å²) in [5.41, 5.74) is -0.834. The Labute approximate surface area is 203 Å². The van der Waals surface area contributed by atoms with E-state index in [2.05, 4.69) is 20.0 Å². The monoisotopic (exact) mass is 517 g/mol. The lowest BCUT2D eigenvalue weighted by Gasteiger charge is -2.14. The van der Waals surface area contributed by atoms with Gasteiger partial charge in [0.2, 0.25) is 0 Å². The molecule has 2 aromatic heterocycles. The molecule has 0 saturated carbocycles. The Balaban J connectivity index is 0.00000342. The molecule has 0 fully saturated rings. The van der Waals surface area contributed by atoms with Crippen molar-refractivity contribution in [1.29, 1.82) is 0 Å². The van der Waals surface area contributed by atoms with Gasteiger partial charge in [0.1, 0.15) is 10.0 Å². The molecule has 35 heavy (non-hydrogen) atoms. The van der Waals surface area contributed by atoms with E-state index in [1.165, 1.54) is 43.4 Å². The molecule has 0 saturated heterocycles. The second kappa shape index (κ2) is 9.64. The van der Waals surface area contributed by atoms with Gasteiger partial charge in [0.05, 0.1) is 28.3 Å². The van der Waals surface area contributed by atoms with Gasteiger partial charge in [-0.1, -0.05) is 0 Å². The highest BCUT2D eigenvalue weighted by molar-refractivity contribution is 7.92. The molecule has 0 bridgehead atoms. The third kappa shape index (κ3) is 5.05. The van der Waals surface area contributed by atoms with Crippen LogP contribution in [0.2, 0.25) is 0 Å². The first-order chi connectivity index (χ1) is 16.1. The maximum absolute atomic E-state index is 14.1. The minimum atomic E-state index is -4.15. The summed E-state index contributed by atoms with van der Waals surface area (Å²) in [5, 5.41) is 17.0. The van der Waals surface area contributed by atoms with Crippen LogP contribution in [0.25, 0.3) is 16.6 Å². The summed E-state index contributed by atoms with van der Waals surface area (Å²) in [5.74, 6) is -0.653. The fourth-order valence-corrected chi connectivity index (χ4v) is 5.32. The fraction of sp³-hybridized carbons (Fsp3) is 0.0909. The number of H-pyrrole nitrogens is 1. The summed E-state index contributed by atoms with van der Waals surface area (Å²) >= 11 is 0.995. The zero-order valence-electron chi connectivity index (χ0n) is 18.7. The van der Waals surface area contributed by atoms with Gasteiger partial charge in [-0.05, 0) is 55.5 Å². The van der Waals surface area contributed by atoms with Crippen molar-refractivity contribution in [3.63, 3.8) is 0 Å². The highest BCUT2D eigenvalue weighted by atomic mass is 32.2. The lowest BCUT2D eigenvalue weighted by Crippen LogP contribution is -2.33. The molecule has 182 valence electrons. The number of nitrogens with one attached hydrogen (secondary N) is 3. The molecule has 4 aromatic rings. The van der Waals surface area contributed by atoms with Crippen molar-refractivity contribution in [2.24, 2.45) is 4.40 Å². The van der Waals surface area contributed by atoms with Crippen LogP contribution in [0.3, 0.4) is 0 Å². The maximum atomic E-state index is 14.1. The van der Waals surface area contributed by atoms with Crippen molar-refractivity contribution in [3.05, 3.63) is 87.5 Å². The van der Waals surface area contributed by atoms with Gasteiger partial charge in [-0.25, -0.2) is 13.8 Å². The molecule has 2 aromatic carbocycles. The zero-order valence-corrected chi connectivity index (χ0v) is 20.4. The lowest BCUT2D eigenvalue weighted by atomic mass is 10.2.